The van der Waals surface area contributed by atoms with E-state index in [-0.39, 0.29) is 0 Å². The summed E-state index contributed by atoms with van der Waals surface area (Å²) in [4.78, 5) is 4.33. The van der Waals surface area contributed by atoms with Crippen molar-refractivity contribution < 1.29 is 4.52 Å². The summed E-state index contributed by atoms with van der Waals surface area (Å²) in [7, 11) is 0. The van der Waals surface area contributed by atoms with Gasteiger partial charge in [-0.3, -0.25) is 0 Å². The lowest BCUT2D eigenvalue weighted by atomic mass is 10.1. The largest absolute Gasteiger partial charge is 0.338 e. The summed E-state index contributed by atoms with van der Waals surface area (Å²) in [6.45, 7) is 4.75. The summed E-state index contributed by atoms with van der Waals surface area (Å²) in [6, 6.07) is 8.04. The molecule has 0 bridgehead atoms. The maximum absolute atomic E-state index is 5.83. The van der Waals surface area contributed by atoms with Gasteiger partial charge in [0, 0.05) is 17.5 Å². The van der Waals surface area contributed by atoms with Crippen LogP contribution in [0.15, 0.2) is 28.8 Å². The molecule has 18 heavy (non-hydrogen) atoms. The minimum Gasteiger partial charge on any atom is -0.338 e. The minimum atomic E-state index is 0.400. The van der Waals surface area contributed by atoms with E-state index in [0.29, 0.717) is 30.7 Å². The van der Waals surface area contributed by atoms with E-state index in [4.69, 9.17) is 16.1 Å². The molecule has 4 nitrogen and oxygen atoms in total. The van der Waals surface area contributed by atoms with Crippen molar-refractivity contribution in [1.82, 2.24) is 15.5 Å². The maximum Gasteiger partial charge on any atom is 0.240 e. The molecule has 0 saturated carbocycles. The quantitative estimate of drug-likeness (QED) is 0.903. The summed E-state index contributed by atoms with van der Waals surface area (Å²) in [5.74, 6) is 1.31. The van der Waals surface area contributed by atoms with Crippen LogP contribution in [0.2, 0.25) is 5.02 Å². The Morgan fingerprint density at radius 2 is 2.00 bits per heavy atom. The fourth-order valence-corrected chi connectivity index (χ4v) is 1.64. The third-order valence-electron chi connectivity index (χ3n) is 2.45. The summed E-state index contributed by atoms with van der Waals surface area (Å²) in [6.07, 6.45) is 0.655. The van der Waals surface area contributed by atoms with Gasteiger partial charge in [0.15, 0.2) is 5.82 Å². The van der Waals surface area contributed by atoms with Crippen molar-refractivity contribution in [2.75, 3.05) is 0 Å². The van der Waals surface area contributed by atoms with Gasteiger partial charge in [0.1, 0.15) is 0 Å². The minimum absolute atomic E-state index is 0.400. The van der Waals surface area contributed by atoms with Crippen LogP contribution >= 0.6 is 11.6 Å². The lowest BCUT2D eigenvalue weighted by Gasteiger charge is -2.02. The molecule has 0 aliphatic rings. The van der Waals surface area contributed by atoms with Gasteiger partial charge in [0.05, 0.1) is 6.54 Å². The monoisotopic (exact) mass is 265 g/mol. The lowest BCUT2D eigenvalue weighted by molar-refractivity contribution is 0.358. The van der Waals surface area contributed by atoms with E-state index >= 15 is 0 Å². The lowest BCUT2D eigenvalue weighted by Crippen LogP contribution is -2.21. The highest BCUT2D eigenvalue weighted by atomic mass is 35.5. The molecule has 0 spiro atoms. The number of aromatic nitrogens is 2. The van der Waals surface area contributed by atoms with Gasteiger partial charge in [-0.1, -0.05) is 42.7 Å². The van der Waals surface area contributed by atoms with E-state index in [0.717, 1.165) is 10.6 Å². The molecular formula is C13H16ClN3O. The van der Waals surface area contributed by atoms with E-state index in [2.05, 4.69) is 29.3 Å². The topological polar surface area (TPSA) is 51.0 Å². The van der Waals surface area contributed by atoms with Crippen LogP contribution in [0.1, 0.15) is 31.1 Å². The molecule has 0 fully saturated rings. The van der Waals surface area contributed by atoms with Gasteiger partial charge in [-0.2, -0.15) is 4.98 Å². The first-order chi connectivity index (χ1) is 8.63. The molecule has 0 amide bonds. The van der Waals surface area contributed by atoms with Gasteiger partial charge in [0.25, 0.3) is 0 Å². The molecule has 1 N–H and O–H groups in total. The summed E-state index contributed by atoms with van der Waals surface area (Å²) < 4.78 is 5.16. The fraction of sp³-hybridized carbons (Fsp3) is 0.385. The van der Waals surface area contributed by atoms with Crippen molar-refractivity contribution in [3.8, 4) is 0 Å². The van der Waals surface area contributed by atoms with Crippen LogP contribution in [-0.2, 0) is 13.0 Å². The van der Waals surface area contributed by atoms with Crippen molar-refractivity contribution in [2.45, 2.75) is 32.9 Å². The Balaban J connectivity index is 1.95. The molecule has 1 heterocycles. The van der Waals surface area contributed by atoms with E-state index in [9.17, 15) is 0 Å². The van der Waals surface area contributed by atoms with E-state index in [1.165, 1.54) is 0 Å². The van der Waals surface area contributed by atoms with Crippen molar-refractivity contribution >= 4 is 11.6 Å². The third kappa shape index (κ3) is 3.82. The molecule has 2 aromatic rings. The van der Waals surface area contributed by atoms with Gasteiger partial charge in [-0.05, 0) is 17.7 Å². The van der Waals surface area contributed by atoms with Gasteiger partial charge >= 0.3 is 0 Å². The fourth-order valence-electron chi connectivity index (χ4n) is 1.51. The van der Waals surface area contributed by atoms with Crippen LogP contribution in [0.25, 0.3) is 0 Å². The molecule has 1 aromatic heterocycles. The number of benzene rings is 1. The highest BCUT2D eigenvalue weighted by Crippen LogP contribution is 2.12. The molecule has 0 atom stereocenters. The number of halogens is 1. The average Bonchev–Trinajstić information content (AvgIpc) is 2.77. The summed E-state index contributed by atoms with van der Waals surface area (Å²) >= 11 is 5.83. The van der Waals surface area contributed by atoms with Crippen molar-refractivity contribution in [3.05, 3.63) is 46.6 Å². The SMILES string of the molecule is CC(C)NCc1nc(Cc2ccc(Cl)cc2)no1. The number of rotatable bonds is 5. The smallest absolute Gasteiger partial charge is 0.240 e. The Bertz CT molecular complexity index is 493. The summed E-state index contributed by atoms with van der Waals surface area (Å²) in [5.41, 5.74) is 1.11. The highest BCUT2D eigenvalue weighted by Gasteiger charge is 2.07. The number of hydrogen-bond acceptors (Lipinski definition) is 4. The zero-order valence-electron chi connectivity index (χ0n) is 10.5. The Morgan fingerprint density at radius 3 is 2.67 bits per heavy atom. The molecule has 96 valence electrons. The average molecular weight is 266 g/mol. The van der Waals surface area contributed by atoms with Crippen LogP contribution < -0.4 is 5.32 Å². The number of nitrogens with one attached hydrogen (secondary N) is 1. The standard InChI is InChI=1S/C13H16ClN3O/c1-9(2)15-8-13-16-12(17-18-13)7-10-3-5-11(14)6-4-10/h3-6,9,15H,7-8H2,1-2H3. The Hall–Kier alpha value is -1.39. The van der Waals surface area contributed by atoms with E-state index < -0.39 is 0 Å². The van der Waals surface area contributed by atoms with Crippen molar-refractivity contribution in [1.29, 1.82) is 0 Å². The van der Waals surface area contributed by atoms with Crippen LogP contribution in [0, 0.1) is 0 Å². The molecular weight excluding hydrogens is 250 g/mol. The molecule has 0 saturated heterocycles. The van der Waals surface area contributed by atoms with Crippen molar-refractivity contribution in [2.24, 2.45) is 0 Å². The molecule has 1 aromatic carbocycles. The molecule has 0 radical (unpaired) electrons. The van der Waals surface area contributed by atoms with Gasteiger partial charge in [0.2, 0.25) is 5.89 Å². The zero-order valence-corrected chi connectivity index (χ0v) is 11.2. The molecule has 0 aliphatic carbocycles. The number of hydrogen-bond donors (Lipinski definition) is 1. The van der Waals surface area contributed by atoms with E-state index in [1.54, 1.807) is 0 Å². The molecule has 0 unspecified atom stereocenters. The first-order valence-corrected chi connectivity index (χ1v) is 6.30. The number of nitrogens with zero attached hydrogens (tertiary/aromatic N) is 2. The third-order valence-corrected chi connectivity index (χ3v) is 2.70. The predicted molar refractivity (Wildman–Crippen MR) is 70.5 cm³/mol. The second-order valence-corrected chi connectivity index (χ2v) is 4.88. The Morgan fingerprint density at radius 1 is 1.28 bits per heavy atom. The first-order valence-electron chi connectivity index (χ1n) is 5.93. The second-order valence-electron chi connectivity index (χ2n) is 4.44. The summed E-state index contributed by atoms with van der Waals surface area (Å²) in [5, 5.41) is 7.92. The molecule has 0 aliphatic heterocycles. The normalized spacial score (nSPS) is 11.1. The molecule has 5 heteroatoms. The van der Waals surface area contributed by atoms with Crippen LogP contribution in [0.3, 0.4) is 0 Å². The van der Waals surface area contributed by atoms with Gasteiger partial charge < -0.3 is 9.84 Å². The Kier molecular flexibility index (Phi) is 4.33. The first kappa shape index (κ1) is 13.1. The van der Waals surface area contributed by atoms with E-state index in [1.807, 2.05) is 24.3 Å². The van der Waals surface area contributed by atoms with Gasteiger partial charge in [-0.15, -0.1) is 0 Å². The highest BCUT2D eigenvalue weighted by molar-refractivity contribution is 6.30. The van der Waals surface area contributed by atoms with Gasteiger partial charge in [-0.25, -0.2) is 0 Å². The maximum atomic E-state index is 5.83. The van der Waals surface area contributed by atoms with Crippen LogP contribution in [0.5, 0.6) is 0 Å². The van der Waals surface area contributed by atoms with Crippen LogP contribution in [-0.4, -0.2) is 16.2 Å². The second kappa shape index (κ2) is 5.98. The van der Waals surface area contributed by atoms with Crippen LogP contribution in [0.4, 0.5) is 0 Å². The Labute approximate surface area is 111 Å². The predicted octanol–water partition coefficient (Wildman–Crippen LogP) is 2.81. The zero-order chi connectivity index (χ0) is 13.0. The van der Waals surface area contributed by atoms with Crippen molar-refractivity contribution in [3.63, 3.8) is 0 Å². The molecule has 2 rings (SSSR count).